The molecule has 2 heterocycles. The first-order valence-electron chi connectivity index (χ1n) is 14.5. The molecule has 2 aliphatic carbocycles. The second-order valence-electron chi connectivity index (χ2n) is 11.9. The van der Waals surface area contributed by atoms with Crippen LogP contribution in [0, 0.1) is 11.8 Å². The second-order valence-corrected chi connectivity index (χ2v) is 11.9. The number of carbonyl (C=O) groups excluding carboxylic acids is 1. The predicted molar refractivity (Wildman–Crippen MR) is 138 cm³/mol. The summed E-state index contributed by atoms with van der Waals surface area (Å²) in [6, 6.07) is 9.19. The average molecular weight is 467 g/mol. The summed E-state index contributed by atoms with van der Waals surface area (Å²) in [5, 5.41) is 9.94. The molecule has 4 heteroatoms. The number of aromatic hydroxyl groups is 1. The van der Waals surface area contributed by atoms with Crippen LogP contribution in [0.4, 0.5) is 0 Å². The molecule has 2 saturated heterocycles. The molecule has 4 nitrogen and oxygen atoms in total. The zero-order valence-corrected chi connectivity index (χ0v) is 21.2. The van der Waals surface area contributed by atoms with Crippen molar-refractivity contribution >= 4 is 5.91 Å². The Balaban J connectivity index is 1.18. The van der Waals surface area contributed by atoms with Gasteiger partial charge in [0.1, 0.15) is 5.75 Å². The van der Waals surface area contributed by atoms with E-state index in [2.05, 4.69) is 15.9 Å². The first-order valence-corrected chi connectivity index (χ1v) is 14.5. The summed E-state index contributed by atoms with van der Waals surface area (Å²) in [6.45, 7) is 2.96. The molecular formula is C30H46N2O2. The number of phenols is 1. The van der Waals surface area contributed by atoms with Gasteiger partial charge in [0.2, 0.25) is 5.91 Å². The Hall–Kier alpha value is -1.55. The highest BCUT2D eigenvalue weighted by molar-refractivity contribution is 5.76. The van der Waals surface area contributed by atoms with Crippen molar-refractivity contribution in [1.82, 2.24) is 9.80 Å². The van der Waals surface area contributed by atoms with Crippen molar-refractivity contribution in [2.75, 3.05) is 19.6 Å². The molecule has 34 heavy (non-hydrogen) atoms. The largest absolute Gasteiger partial charge is 0.508 e. The van der Waals surface area contributed by atoms with Gasteiger partial charge in [-0.15, -0.1) is 0 Å². The summed E-state index contributed by atoms with van der Waals surface area (Å²) < 4.78 is 0. The molecule has 0 aromatic heterocycles. The van der Waals surface area contributed by atoms with E-state index in [-0.39, 0.29) is 0 Å². The van der Waals surface area contributed by atoms with Crippen LogP contribution in [0.5, 0.6) is 5.75 Å². The lowest BCUT2D eigenvalue weighted by Gasteiger charge is -2.40. The summed E-state index contributed by atoms with van der Waals surface area (Å²) >= 11 is 0. The smallest absolute Gasteiger partial charge is 0.222 e. The Morgan fingerprint density at radius 3 is 2.29 bits per heavy atom. The molecule has 2 bridgehead atoms. The van der Waals surface area contributed by atoms with Gasteiger partial charge in [-0.2, -0.15) is 0 Å². The van der Waals surface area contributed by atoms with Crippen LogP contribution in [-0.4, -0.2) is 52.5 Å². The molecule has 1 aromatic carbocycles. The molecule has 2 saturated carbocycles. The molecule has 3 atom stereocenters. The molecule has 4 aliphatic rings. The molecule has 0 spiro atoms. The van der Waals surface area contributed by atoms with Gasteiger partial charge in [0.25, 0.3) is 0 Å². The van der Waals surface area contributed by atoms with E-state index in [9.17, 15) is 9.90 Å². The van der Waals surface area contributed by atoms with E-state index in [4.69, 9.17) is 0 Å². The number of hydrogen-bond donors (Lipinski definition) is 1. The van der Waals surface area contributed by atoms with Gasteiger partial charge in [0, 0.05) is 38.1 Å². The third-order valence-electron chi connectivity index (χ3n) is 9.65. The van der Waals surface area contributed by atoms with Crippen LogP contribution in [0.15, 0.2) is 24.3 Å². The monoisotopic (exact) mass is 466 g/mol. The van der Waals surface area contributed by atoms with Crippen LogP contribution < -0.4 is 0 Å². The van der Waals surface area contributed by atoms with Gasteiger partial charge in [-0.1, -0.05) is 57.1 Å². The minimum atomic E-state index is 0.391. The quantitative estimate of drug-likeness (QED) is 0.453. The molecular weight excluding hydrogens is 420 g/mol. The minimum absolute atomic E-state index is 0.391. The number of phenolic OH excluding ortho intramolecular Hbond substituents is 1. The summed E-state index contributed by atoms with van der Waals surface area (Å²) in [5.74, 6) is 2.90. The number of fused-ring (bicyclic) bond motifs is 2. The lowest BCUT2D eigenvalue weighted by atomic mass is 9.85. The standard InChI is InChI=1S/C30H46N2O2/c33-29-12-6-11-25(21-29)26-19-27-14-15-28(20-26)32(27)18-17-31(22-24-9-2-1-3-10-24)30(34)16-13-23-7-4-5-8-23/h6,11-12,21,23-24,26-28,33H,1-5,7-10,13-20,22H2/t26?,27-,28+. The van der Waals surface area contributed by atoms with Crippen molar-refractivity contribution in [1.29, 1.82) is 0 Å². The van der Waals surface area contributed by atoms with Gasteiger partial charge in [-0.25, -0.2) is 0 Å². The summed E-state index contributed by atoms with van der Waals surface area (Å²) in [7, 11) is 0. The van der Waals surface area contributed by atoms with E-state index >= 15 is 0 Å². The van der Waals surface area contributed by atoms with Gasteiger partial charge >= 0.3 is 0 Å². The van der Waals surface area contributed by atoms with Crippen molar-refractivity contribution in [3.05, 3.63) is 29.8 Å². The predicted octanol–water partition coefficient (Wildman–Crippen LogP) is 6.48. The van der Waals surface area contributed by atoms with Crippen molar-refractivity contribution in [3.8, 4) is 5.75 Å². The number of carbonyl (C=O) groups is 1. The maximum Gasteiger partial charge on any atom is 0.222 e. The van der Waals surface area contributed by atoms with Crippen molar-refractivity contribution in [3.63, 3.8) is 0 Å². The zero-order chi connectivity index (χ0) is 23.3. The first-order chi connectivity index (χ1) is 16.7. The van der Waals surface area contributed by atoms with E-state index in [0.717, 1.165) is 44.3 Å². The van der Waals surface area contributed by atoms with E-state index in [1.807, 2.05) is 12.1 Å². The minimum Gasteiger partial charge on any atom is -0.508 e. The van der Waals surface area contributed by atoms with E-state index in [1.165, 1.54) is 89.0 Å². The zero-order valence-electron chi connectivity index (χ0n) is 21.2. The molecule has 0 radical (unpaired) electrons. The fraction of sp³-hybridized carbons (Fsp3) is 0.767. The molecule has 1 N–H and O–H groups in total. The topological polar surface area (TPSA) is 43.8 Å². The molecule has 1 aromatic rings. The Kier molecular flexibility index (Phi) is 8.14. The van der Waals surface area contributed by atoms with Crippen LogP contribution in [0.2, 0.25) is 0 Å². The molecule has 4 fully saturated rings. The molecule has 188 valence electrons. The SMILES string of the molecule is O=C(CCC1CCCC1)N(CCN1[C@@H]2CC[C@H]1CC(c1cccc(O)c1)C2)CC1CCCCC1. The summed E-state index contributed by atoms with van der Waals surface area (Å²) in [4.78, 5) is 18.4. The van der Waals surface area contributed by atoms with Crippen LogP contribution in [0.25, 0.3) is 0 Å². The highest BCUT2D eigenvalue weighted by atomic mass is 16.3. The number of hydrogen-bond acceptors (Lipinski definition) is 3. The van der Waals surface area contributed by atoms with Gasteiger partial charge in [0.15, 0.2) is 0 Å². The van der Waals surface area contributed by atoms with Crippen LogP contribution in [0.3, 0.4) is 0 Å². The molecule has 1 amide bonds. The maximum absolute atomic E-state index is 13.4. The molecule has 2 aliphatic heterocycles. The number of piperidine rings is 1. The Bertz CT molecular complexity index is 785. The van der Waals surface area contributed by atoms with Crippen LogP contribution in [-0.2, 0) is 4.79 Å². The molecule has 1 unspecified atom stereocenters. The highest BCUT2D eigenvalue weighted by Gasteiger charge is 2.41. The van der Waals surface area contributed by atoms with Gasteiger partial charge in [-0.05, 0) is 80.4 Å². The highest BCUT2D eigenvalue weighted by Crippen LogP contribution is 2.43. The molecule has 5 rings (SSSR count). The van der Waals surface area contributed by atoms with Crippen molar-refractivity contribution in [2.45, 2.75) is 114 Å². The Morgan fingerprint density at radius 1 is 0.912 bits per heavy atom. The second kappa shape index (κ2) is 11.5. The number of amides is 1. The average Bonchev–Trinajstić information content (AvgIpc) is 3.45. The lowest BCUT2D eigenvalue weighted by Crippen LogP contribution is -2.47. The van der Waals surface area contributed by atoms with Gasteiger partial charge in [0.05, 0.1) is 0 Å². The Morgan fingerprint density at radius 2 is 1.59 bits per heavy atom. The summed E-state index contributed by atoms with van der Waals surface area (Å²) in [5.41, 5.74) is 1.30. The number of benzene rings is 1. The maximum atomic E-state index is 13.4. The van der Waals surface area contributed by atoms with E-state index < -0.39 is 0 Å². The van der Waals surface area contributed by atoms with E-state index in [0.29, 0.717) is 29.7 Å². The first kappa shape index (κ1) is 24.2. The third-order valence-corrected chi connectivity index (χ3v) is 9.65. The van der Waals surface area contributed by atoms with Crippen molar-refractivity contribution < 1.29 is 9.90 Å². The Labute approximate surface area is 207 Å². The summed E-state index contributed by atoms with van der Waals surface area (Å²) in [6.07, 6.45) is 19.0. The lowest BCUT2D eigenvalue weighted by molar-refractivity contribution is -0.132. The fourth-order valence-electron chi connectivity index (χ4n) is 7.71. The van der Waals surface area contributed by atoms with E-state index in [1.54, 1.807) is 6.07 Å². The van der Waals surface area contributed by atoms with Gasteiger partial charge in [-0.3, -0.25) is 9.69 Å². The van der Waals surface area contributed by atoms with Crippen molar-refractivity contribution in [2.24, 2.45) is 11.8 Å². The van der Waals surface area contributed by atoms with Crippen LogP contribution in [0.1, 0.15) is 108 Å². The van der Waals surface area contributed by atoms with Crippen LogP contribution >= 0.6 is 0 Å². The number of nitrogens with zero attached hydrogens (tertiary/aromatic N) is 2. The fourth-order valence-corrected chi connectivity index (χ4v) is 7.71. The third kappa shape index (κ3) is 5.98. The normalized spacial score (nSPS) is 28.4. The van der Waals surface area contributed by atoms with Gasteiger partial charge < -0.3 is 10.0 Å². The number of rotatable bonds is 9.